The zero-order chi connectivity index (χ0) is 12.1. The van der Waals surface area contributed by atoms with Crippen molar-refractivity contribution in [3.63, 3.8) is 0 Å². The fourth-order valence-corrected chi connectivity index (χ4v) is 1.44. The van der Waals surface area contributed by atoms with E-state index in [9.17, 15) is 0 Å². The van der Waals surface area contributed by atoms with E-state index in [1.54, 1.807) is 13.3 Å². The van der Waals surface area contributed by atoms with Crippen LogP contribution in [0.5, 0.6) is 0 Å². The number of anilines is 1. The SMILES string of the molecule is COCC(C)N(C)c1ccc(C(N)=S)cn1. The summed E-state index contributed by atoms with van der Waals surface area (Å²) < 4.78 is 5.10. The molecule has 1 atom stereocenters. The molecule has 1 aromatic rings. The summed E-state index contributed by atoms with van der Waals surface area (Å²) >= 11 is 4.87. The molecule has 0 aromatic carbocycles. The summed E-state index contributed by atoms with van der Waals surface area (Å²) in [7, 11) is 3.67. The molecule has 0 saturated carbocycles. The Morgan fingerprint density at radius 2 is 2.31 bits per heavy atom. The molecule has 1 aromatic heterocycles. The first-order valence-electron chi connectivity index (χ1n) is 5.04. The number of likely N-dealkylation sites (N-methyl/N-ethyl adjacent to an activating group) is 1. The zero-order valence-corrected chi connectivity index (χ0v) is 10.6. The lowest BCUT2D eigenvalue weighted by Gasteiger charge is -2.25. The predicted octanol–water partition coefficient (Wildman–Crippen LogP) is 1.19. The average Bonchev–Trinajstić information content (AvgIpc) is 2.28. The Labute approximate surface area is 101 Å². The highest BCUT2D eigenvalue weighted by Crippen LogP contribution is 2.12. The Hall–Kier alpha value is -1.20. The molecule has 0 aliphatic heterocycles. The van der Waals surface area contributed by atoms with Crippen molar-refractivity contribution in [3.8, 4) is 0 Å². The molecular weight excluding hydrogens is 222 g/mol. The minimum atomic E-state index is 0.271. The first-order chi connectivity index (χ1) is 7.56. The van der Waals surface area contributed by atoms with Crippen LogP contribution in [0.4, 0.5) is 5.82 Å². The number of nitrogens with zero attached hydrogens (tertiary/aromatic N) is 2. The highest BCUT2D eigenvalue weighted by atomic mass is 32.1. The standard InChI is InChI=1S/C11H17N3OS/c1-8(7-15-3)14(2)10-5-4-9(6-13-10)11(12)16/h4-6,8H,7H2,1-3H3,(H2,12,16). The smallest absolute Gasteiger partial charge is 0.128 e. The lowest BCUT2D eigenvalue weighted by molar-refractivity contribution is 0.183. The quantitative estimate of drug-likeness (QED) is 0.782. The fourth-order valence-electron chi connectivity index (χ4n) is 1.32. The van der Waals surface area contributed by atoms with Crippen molar-refractivity contribution >= 4 is 23.0 Å². The van der Waals surface area contributed by atoms with Crippen molar-refractivity contribution < 1.29 is 4.74 Å². The van der Waals surface area contributed by atoms with Crippen LogP contribution in [0.15, 0.2) is 18.3 Å². The zero-order valence-electron chi connectivity index (χ0n) is 9.80. The van der Waals surface area contributed by atoms with Gasteiger partial charge >= 0.3 is 0 Å². The molecule has 1 unspecified atom stereocenters. The number of nitrogens with two attached hydrogens (primary N) is 1. The molecule has 88 valence electrons. The molecule has 0 fully saturated rings. The summed E-state index contributed by atoms with van der Waals surface area (Å²) in [5.74, 6) is 0.879. The monoisotopic (exact) mass is 239 g/mol. The minimum absolute atomic E-state index is 0.271. The maximum absolute atomic E-state index is 5.51. The van der Waals surface area contributed by atoms with Crippen molar-refractivity contribution in [2.75, 3.05) is 25.7 Å². The lowest BCUT2D eigenvalue weighted by Crippen LogP contribution is -2.33. The van der Waals surface area contributed by atoms with Crippen molar-refractivity contribution in [1.29, 1.82) is 0 Å². The molecule has 0 aliphatic carbocycles. The number of thiocarbonyl (C=S) groups is 1. The van der Waals surface area contributed by atoms with Gasteiger partial charge in [-0.1, -0.05) is 12.2 Å². The maximum atomic E-state index is 5.51. The lowest BCUT2D eigenvalue weighted by atomic mass is 10.2. The van der Waals surface area contributed by atoms with Gasteiger partial charge in [-0.15, -0.1) is 0 Å². The fraction of sp³-hybridized carbons (Fsp3) is 0.455. The molecular formula is C11H17N3OS. The first-order valence-corrected chi connectivity index (χ1v) is 5.44. The van der Waals surface area contributed by atoms with Crippen LogP contribution in [-0.4, -0.2) is 36.8 Å². The van der Waals surface area contributed by atoms with E-state index in [4.69, 9.17) is 22.7 Å². The second-order valence-electron chi connectivity index (χ2n) is 3.68. The molecule has 5 heteroatoms. The number of ether oxygens (including phenoxy) is 1. The predicted molar refractivity (Wildman–Crippen MR) is 69.9 cm³/mol. The van der Waals surface area contributed by atoms with E-state index in [-0.39, 0.29) is 6.04 Å². The summed E-state index contributed by atoms with van der Waals surface area (Å²) in [5, 5.41) is 0. The van der Waals surface area contributed by atoms with E-state index in [2.05, 4.69) is 11.9 Å². The molecule has 0 spiro atoms. The molecule has 1 rings (SSSR count). The van der Waals surface area contributed by atoms with Gasteiger partial charge in [-0.05, 0) is 19.1 Å². The molecule has 0 radical (unpaired) electrons. The molecule has 4 nitrogen and oxygen atoms in total. The summed E-state index contributed by atoms with van der Waals surface area (Å²) in [6.07, 6.45) is 1.69. The number of methoxy groups -OCH3 is 1. The third-order valence-electron chi connectivity index (χ3n) is 2.46. The van der Waals surface area contributed by atoms with E-state index < -0.39 is 0 Å². The third-order valence-corrected chi connectivity index (χ3v) is 2.70. The van der Waals surface area contributed by atoms with Gasteiger partial charge < -0.3 is 15.4 Å². The van der Waals surface area contributed by atoms with Crippen molar-refractivity contribution in [1.82, 2.24) is 4.98 Å². The van der Waals surface area contributed by atoms with E-state index in [0.717, 1.165) is 11.4 Å². The molecule has 16 heavy (non-hydrogen) atoms. The Kier molecular flexibility index (Phi) is 4.64. The maximum Gasteiger partial charge on any atom is 0.128 e. The number of hydrogen-bond donors (Lipinski definition) is 1. The summed E-state index contributed by atoms with van der Waals surface area (Å²) in [5.41, 5.74) is 6.29. The van der Waals surface area contributed by atoms with E-state index in [0.29, 0.717) is 11.6 Å². The normalized spacial score (nSPS) is 12.2. The van der Waals surface area contributed by atoms with Crippen LogP contribution in [0.1, 0.15) is 12.5 Å². The second kappa shape index (κ2) is 5.77. The van der Waals surface area contributed by atoms with E-state index in [1.807, 2.05) is 24.1 Å². The van der Waals surface area contributed by atoms with Gasteiger partial charge in [0.05, 0.1) is 12.6 Å². The second-order valence-corrected chi connectivity index (χ2v) is 4.12. The molecule has 1 heterocycles. The Morgan fingerprint density at radius 3 is 2.75 bits per heavy atom. The van der Waals surface area contributed by atoms with Crippen LogP contribution in [0, 0.1) is 0 Å². The summed E-state index contributed by atoms with van der Waals surface area (Å²) in [6, 6.07) is 4.05. The van der Waals surface area contributed by atoms with Gasteiger partial charge in [0.1, 0.15) is 10.8 Å². The van der Waals surface area contributed by atoms with Gasteiger partial charge in [0.2, 0.25) is 0 Å². The Morgan fingerprint density at radius 1 is 1.62 bits per heavy atom. The number of rotatable bonds is 5. The van der Waals surface area contributed by atoms with Gasteiger partial charge in [0.15, 0.2) is 0 Å². The highest BCUT2D eigenvalue weighted by molar-refractivity contribution is 7.80. The minimum Gasteiger partial charge on any atom is -0.389 e. The van der Waals surface area contributed by atoms with Gasteiger partial charge in [-0.25, -0.2) is 4.98 Å². The third kappa shape index (κ3) is 3.15. The van der Waals surface area contributed by atoms with Gasteiger partial charge in [-0.3, -0.25) is 0 Å². The van der Waals surface area contributed by atoms with Crippen LogP contribution >= 0.6 is 12.2 Å². The average molecular weight is 239 g/mol. The topological polar surface area (TPSA) is 51.4 Å². The number of hydrogen-bond acceptors (Lipinski definition) is 4. The Bertz CT molecular complexity index is 353. The van der Waals surface area contributed by atoms with Crippen LogP contribution < -0.4 is 10.6 Å². The largest absolute Gasteiger partial charge is 0.389 e. The van der Waals surface area contributed by atoms with E-state index in [1.165, 1.54) is 0 Å². The summed E-state index contributed by atoms with van der Waals surface area (Å²) in [4.78, 5) is 6.72. The van der Waals surface area contributed by atoms with E-state index >= 15 is 0 Å². The number of aromatic nitrogens is 1. The number of pyridine rings is 1. The van der Waals surface area contributed by atoms with Crippen LogP contribution in [-0.2, 0) is 4.74 Å². The first kappa shape index (κ1) is 12.9. The van der Waals surface area contributed by atoms with Gasteiger partial charge in [0, 0.05) is 25.9 Å². The van der Waals surface area contributed by atoms with Gasteiger partial charge in [-0.2, -0.15) is 0 Å². The molecule has 0 bridgehead atoms. The van der Waals surface area contributed by atoms with Gasteiger partial charge in [0.25, 0.3) is 0 Å². The Balaban J connectivity index is 2.77. The van der Waals surface area contributed by atoms with Crippen LogP contribution in [0.3, 0.4) is 0 Å². The molecule has 0 amide bonds. The van der Waals surface area contributed by atoms with Crippen LogP contribution in [0.2, 0.25) is 0 Å². The van der Waals surface area contributed by atoms with Crippen LogP contribution in [0.25, 0.3) is 0 Å². The summed E-state index contributed by atoms with van der Waals surface area (Å²) in [6.45, 7) is 2.74. The van der Waals surface area contributed by atoms with Crippen molar-refractivity contribution in [3.05, 3.63) is 23.9 Å². The molecule has 0 aliphatic rings. The molecule has 0 saturated heterocycles. The molecule has 2 N–H and O–H groups in total. The van der Waals surface area contributed by atoms with Crippen molar-refractivity contribution in [2.24, 2.45) is 5.73 Å². The van der Waals surface area contributed by atoms with Crippen molar-refractivity contribution in [2.45, 2.75) is 13.0 Å². The highest BCUT2D eigenvalue weighted by Gasteiger charge is 2.10.